The molecule has 0 saturated heterocycles. The molecule has 0 aliphatic heterocycles. The quantitative estimate of drug-likeness (QED) is 0.871. The van der Waals surface area contributed by atoms with Gasteiger partial charge in [0.2, 0.25) is 0 Å². The summed E-state index contributed by atoms with van der Waals surface area (Å²) in [5, 5.41) is 6.43. The summed E-state index contributed by atoms with van der Waals surface area (Å²) < 4.78 is 5.19. The Kier molecular flexibility index (Phi) is 4.60. The standard InChI is InChI=1S/C15H13NO2S/c1-18-14-7-3-2-5-12(14)6-4-9-16-15(17)13-8-10-19-11-13/h2-3,5,7-8,10-11H,9H2,1H3,(H,16,17). The molecule has 1 heterocycles. The van der Waals surface area contributed by atoms with Crippen molar-refractivity contribution >= 4 is 17.2 Å². The molecule has 4 heteroatoms. The second-order valence-electron chi connectivity index (χ2n) is 3.70. The summed E-state index contributed by atoms with van der Waals surface area (Å²) in [4.78, 5) is 11.6. The number of amides is 1. The highest BCUT2D eigenvalue weighted by Crippen LogP contribution is 2.15. The Bertz CT molecular complexity index is 609. The van der Waals surface area contributed by atoms with Crippen molar-refractivity contribution in [3.63, 3.8) is 0 Å². The molecule has 0 fully saturated rings. The third-order valence-electron chi connectivity index (χ3n) is 2.45. The summed E-state index contributed by atoms with van der Waals surface area (Å²) >= 11 is 1.50. The molecule has 0 radical (unpaired) electrons. The van der Waals surface area contributed by atoms with Crippen LogP contribution in [0.25, 0.3) is 0 Å². The van der Waals surface area contributed by atoms with E-state index in [-0.39, 0.29) is 5.91 Å². The minimum atomic E-state index is -0.101. The van der Waals surface area contributed by atoms with E-state index in [0.29, 0.717) is 12.1 Å². The number of methoxy groups -OCH3 is 1. The van der Waals surface area contributed by atoms with Crippen molar-refractivity contribution in [3.05, 3.63) is 52.2 Å². The number of thiophene rings is 1. The lowest BCUT2D eigenvalue weighted by Crippen LogP contribution is -2.22. The molecule has 19 heavy (non-hydrogen) atoms. The normalized spacial score (nSPS) is 9.32. The Balaban J connectivity index is 1.93. The number of para-hydroxylation sites is 1. The van der Waals surface area contributed by atoms with Crippen molar-refractivity contribution in [1.82, 2.24) is 5.32 Å². The van der Waals surface area contributed by atoms with Crippen LogP contribution in [0.15, 0.2) is 41.1 Å². The van der Waals surface area contributed by atoms with Crippen LogP contribution in [0.5, 0.6) is 5.75 Å². The lowest BCUT2D eigenvalue weighted by atomic mass is 10.2. The van der Waals surface area contributed by atoms with Crippen LogP contribution in [0.3, 0.4) is 0 Å². The number of hydrogen-bond donors (Lipinski definition) is 1. The third-order valence-corrected chi connectivity index (χ3v) is 3.13. The van der Waals surface area contributed by atoms with Crippen molar-refractivity contribution < 1.29 is 9.53 Å². The first-order valence-corrected chi connectivity index (χ1v) is 6.68. The average molecular weight is 271 g/mol. The van der Waals surface area contributed by atoms with E-state index in [2.05, 4.69) is 17.2 Å². The first-order chi connectivity index (χ1) is 9.31. The van der Waals surface area contributed by atoms with Crippen LogP contribution in [0, 0.1) is 11.8 Å². The van der Waals surface area contributed by atoms with Gasteiger partial charge in [-0.1, -0.05) is 24.0 Å². The van der Waals surface area contributed by atoms with Gasteiger partial charge in [-0.05, 0) is 23.6 Å². The number of ether oxygens (including phenoxy) is 1. The van der Waals surface area contributed by atoms with E-state index in [1.807, 2.05) is 35.0 Å². The molecule has 0 atom stereocenters. The smallest absolute Gasteiger partial charge is 0.252 e. The lowest BCUT2D eigenvalue weighted by Gasteiger charge is -2.01. The van der Waals surface area contributed by atoms with Gasteiger partial charge in [-0.2, -0.15) is 11.3 Å². The van der Waals surface area contributed by atoms with Crippen molar-refractivity contribution in [2.24, 2.45) is 0 Å². The molecule has 0 saturated carbocycles. The van der Waals surface area contributed by atoms with Gasteiger partial charge in [0, 0.05) is 5.38 Å². The minimum Gasteiger partial charge on any atom is -0.495 e. The monoisotopic (exact) mass is 271 g/mol. The second-order valence-corrected chi connectivity index (χ2v) is 4.48. The highest BCUT2D eigenvalue weighted by molar-refractivity contribution is 7.08. The van der Waals surface area contributed by atoms with E-state index < -0.39 is 0 Å². The zero-order chi connectivity index (χ0) is 13.5. The van der Waals surface area contributed by atoms with E-state index in [4.69, 9.17) is 4.74 Å². The van der Waals surface area contributed by atoms with Gasteiger partial charge in [0.1, 0.15) is 5.75 Å². The van der Waals surface area contributed by atoms with Crippen molar-refractivity contribution in [2.45, 2.75) is 0 Å². The molecule has 1 N–H and O–H groups in total. The summed E-state index contributed by atoms with van der Waals surface area (Å²) in [5.41, 5.74) is 1.49. The van der Waals surface area contributed by atoms with Gasteiger partial charge in [-0.3, -0.25) is 4.79 Å². The number of hydrogen-bond acceptors (Lipinski definition) is 3. The summed E-state index contributed by atoms with van der Waals surface area (Å²) in [5.74, 6) is 6.52. The molecule has 0 unspecified atom stereocenters. The zero-order valence-corrected chi connectivity index (χ0v) is 11.3. The highest BCUT2D eigenvalue weighted by Gasteiger charge is 2.02. The molecule has 0 bridgehead atoms. The molecule has 2 rings (SSSR count). The third kappa shape index (κ3) is 3.60. The average Bonchev–Trinajstić information content (AvgIpc) is 2.98. The maximum Gasteiger partial charge on any atom is 0.252 e. The Morgan fingerprint density at radius 1 is 1.37 bits per heavy atom. The van der Waals surface area contributed by atoms with Gasteiger partial charge >= 0.3 is 0 Å². The van der Waals surface area contributed by atoms with Gasteiger partial charge in [-0.15, -0.1) is 0 Å². The van der Waals surface area contributed by atoms with Crippen molar-refractivity contribution in [2.75, 3.05) is 13.7 Å². The van der Waals surface area contributed by atoms with Gasteiger partial charge in [-0.25, -0.2) is 0 Å². The molecule has 96 valence electrons. The van der Waals surface area contributed by atoms with E-state index in [0.717, 1.165) is 11.3 Å². The molecule has 0 spiro atoms. The Morgan fingerprint density at radius 2 is 2.21 bits per heavy atom. The van der Waals surface area contributed by atoms with Crippen LogP contribution in [0.1, 0.15) is 15.9 Å². The van der Waals surface area contributed by atoms with Crippen LogP contribution in [-0.2, 0) is 0 Å². The molecule has 2 aromatic rings. The molecule has 0 aliphatic carbocycles. The van der Waals surface area contributed by atoms with Crippen LogP contribution in [0.2, 0.25) is 0 Å². The fourth-order valence-electron chi connectivity index (χ4n) is 1.51. The van der Waals surface area contributed by atoms with Gasteiger partial charge in [0.25, 0.3) is 5.91 Å². The Morgan fingerprint density at radius 3 is 2.95 bits per heavy atom. The first kappa shape index (κ1) is 13.2. The number of carbonyl (C=O) groups excluding carboxylic acids is 1. The van der Waals surface area contributed by atoms with E-state index in [9.17, 15) is 4.79 Å². The van der Waals surface area contributed by atoms with Crippen LogP contribution < -0.4 is 10.1 Å². The first-order valence-electron chi connectivity index (χ1n) is 5.73. The molecule has 0 aliphatic rings. The Hall–Kier alpha value is -2.25. The molecule has 1 amide bonds. The molecule has 3 nitrogen and oxygen atoms in total. The van der Waals surface area contributed by atoms with Gasteiger partial charge in [0.05, 0.1) is 24.8 Å². The predicted octanol–water partition coefficient (Wildman–Crippen LogP) is 2.54. The second kappa shape index (κ2) is 6.62. The lowest BCUT2D eigenvalue weighted by molar-refractivity contribution is 0.0959. The number of nitrogens with one attached hydrogen (secondary N) is 1. The maximum atomic E-state index is 11.6. The Labute approximate surface area is 116 Å². The topological polar surface area (TPSA) is 38.3 Å². The molecular formula is C15H13NO2S. The summed E-state index contributed by atoms with van der Waals surface area (Å²) in [6, 6.07) is 9.31. The molecule has 1 aromatic heterocycles. The van der Waals surface area contributed by atoms with Gasteiger partial charge < -0.3 is 10.1 Å². The van der Waals surface area contributed by atoms with Crippen molar-refractivity contribution in [1.29, 1.82) is 0 Å². The predicted molar refractivity (Wildman–Crippen MR) is 76.5 cm³/mol. The molecule has 1 aromatic carbocycles. The number of benzene rings is 1. The minimum absolute atomic E-state index is 0.101. The largest absolute Gasteiger partial charge is 0.495 e. The summed E-state index contributed by atoms with van der Waals surface area (Å²) in [7, 11) is 1.61. The summed E-state index contributed by atoms with van der Waals surface area (Å²) in [6.07, 6.45) is 0. The number of rotatable bonds is 3. The highest BCUT2D eigenvalue weighted by atomic mass is 32.1. The zero-order valence-electron chi connectivity index (χ0n) is 10.5. The number of carbonyl (C=O) groups is 1. The maximum absolute atomic E-state index is 11.6. The fourth-order valence-corrected chi connectivity index (χ4v) is 2.14. The van der Waals surface area contributed by atoms with Crippen LogP contribution in [0.4, 0.5) is 0 Å². The molecular weight excluding hydrogens is 258 g/mol. The fraction of sp³-hybridized carbons (Fsp3) is 0.133. The summed E-state index contributed by atoms with van der Waals surface area (Å²) in [6.45, 7) is 0.312. The van der Waals surface area contributed by atoms with Crippen LogP contribution >= 0.6 is 11.3 Å². The van der Waals surface area contributed by atoms with E-state index in [1.165, 1.54) is 11.3 Å². The van der Waals surface area contributed by atoms with Crippen LogP contribution in [-0.4, -0.2) is 19.6 Å². The van der Waals surface area contributed by atoms with E-state index in [1.54, 1.807) is 13.2 Å². The van der Waals surface area contributed by atoms with E-state index >= 15 is 0 Å². The SMILES string of the molecule is COc1ccccc1C#CCNC(=O)c1ccsc1. The van der Waals surface area contributed by atoms with Gasteiger partial charge in [0.15, 0.2) is 0 Å². The van der Waals surface area contributed by atoms with Crippen molar-refractivity contribution in [3.8, 4) is 17.6 Å².